The molecule has 0 aliphatic rings. The number of para-hydroxylation sites is 1. The third-order valence-corrected chi connectivity index (χ3v) is 2.25. The highest BCUT2D eigenvalue weighted by Gasteiger charge is 2.35. The molecule has 0 spiro atoms. The van der Waals surface area contributed by atoms with E-state index in [-0.39, 0.29) is 6.07 Å². The van der Waals surface area contributed by atoms with E-state index in [1.807, 2.05) is 6.07 Å². The predicted octanol–water partition coefficient (Wildman–Crippen LogP) is 3.71. The highest BCUT2D eigenvalue weighted by molar-refractivity contribution is 5.44. The van der Waals surface area contributed by atoms with Crippen LogP contribution in [0.4, 0.5) is 18.9 Å². The first-order valence-electron chi connectivity index (χ1n) is 5.50. The van der Waals surface area contributed by atoms with Crippen LogP contribution in [0, 0.1) is 10.1 Å². The van der Waals surface area contributed by atoms with Gasteiger partial charge in [0.05, 0.1) is 4.92 Å². The van der Waals surface area contributed by atoms with E-state index in [9.17, 15) is 23.3 Å². The summed E-state index contributed by atoms with van der Waals surface area (Å²) in [4.78, 5) is 9.18. The molecule has 0 amide bonds. The molecule has 0 bridgehead atoms. The SMILES string of the molecule is O=[N+]([O-])c1ccc(O)c(C(F)(F)F)c1.Oc1ccccc1. The highest BCUT2D eigenvalue weighted by atomic mass is 19.4. The van der Waals surface area contributed by atoms with E-state index in [0.717, 1.165) is 6.07 Å². The fourth-order valence-electron chi connectivity index (χ4n) is 1.29. The van der Waals surface area contributed by atoms with Gasteiger partial charge in [-0.15, -0.1) is 0 Å². The molecule has 2 rings (SSSR count). The maximum Gasteiger partial charge on any atom is 0.420 e. The van der Waals surface area contributed by atoms with Crippen LogP contribution in [-0.4, -0.2) is 15.1 Å². The van der Waals surface area contributed by atoms with Crippen molar-refractivity contribution in [2.45, 2.75) is 6.18 Å². The number of alkyl halides is 3. The summed E-state index contributed by atoms with van der Waals surface area (Å²) in [6.45, 7) is 0. The second-order valence-corrected chi connectivity index (χ2v) is 3.79. The number of nitrogens with zero attached hydrogens (tertiary/aromatic N) is 1. The van der Waals surface area contributed by atoms with Crippen molar-refractivity contribution < 1.29 is 28.3 Å². The van der Waals surface area contributed by atoms with Gasteiger partial charge < -0.3 is 10.2 Å². The molecule has 0 fully saturated rings. The van der Waals surface area contributed by atoms with Crippen LogP contribution in [0.15, 0.2) is 48.5 Å². The lowest BCUT2D eigenvalue weighted by molar-refractivity contribution is -0.385. The first-order chi connectivity index (χ1) is 9.71. The lowest BCUT2D eigenvalue weighted by atomic mass is 10.2. The van der Waals surface area contributed by atoms with Gasteiger partial charge in [0.1, 0.15) is 17.1 Å². The number of phenols is 2. The molecule has 0 unspecified atom stereocenters. The van der Waals surface area contributed by atoms with E-state index in [4.69, 9.17) is 10.2 Å². The van der Waals surface area contributed by atoms with Crippen LogP contribution >= 0.6 is 0 Å². The van der Waals surface area contributed by atoms with Crippen molar-refractivity contribution >= 4 is 5.69 Å². The summed E-state index contributed by atoms with van der Waals surface area (Å²) in [5, 5.41) is 27.6. The number of non-ortho nitro benzene ring substituents is 1. The maximum atomic E-state index is 12.1. The fraction of sp³-hybridized carbons (Fsp3) is 0.0769. The summed E-state index contributed by atoms with van der Waals surface area (Å²) in [6.07, 6.45) is -4.80. The summed E-state index contributed by atoms with van der Waals surface area (Å²) in [5.74, 6) is -0.703. The third-order valence-electron chi connectivity index (χ3n) is 2.25. The Kier molecular flexibility index (Phi) is 5.12. The van der Waals surface area contributed by atoms with Crippen molar-refractivity contribution in [2.24, 2.45) is 0 Å². The second kappa shape index (κ2) is 6.60. The van der Waals surface area contributed by atoms with Gasteiger partial charge in [-0.3, -0.25) is 10.1 Å². The summed E-state index contributed by atoms with van der Waals surface area (Å²) in [5.41, 5.74) is -2.12. The average Bonchev–Trinajstić information content (AvgIpc) is 2.39. The second-order valence-electron chi connectivity index (χ2n) is 3.79. The first kappa shape index (κ1) is 16.3. The number of rotatable bonds is 1. The molecular formula is C13H10F3NO4. The van der Waals surface area contributed by atoms with E-state index in [2.05, 4.69) is 0 Å². The lowest BCUT2D eigenvalue weighted by Gasteiger charge is -2.07. The minimum atomic E-state index is -4.80. The van der Waals surface area contributed by atoms with Crippen molar-refractivity contribution in [3.63, 3.8) is 0 Å². The molecule has 5 nitrogen and oxygen atoms in total. The Morgan fingerprint density at radius 2 is 1.57 bits per heavy atom. The molecule has 21 heavy (non-hydrogen) atoms. The number of hydrogen-bond acceptors (Lipinski definition) is 4. The molecule has 2 aromatic rings. The smallest absolute Gasteiger partial charge is 0.420 e. The number of benzene rings is 2. The molecule has 0 aromatic heterocycles. The number of halogens is 3. The molecule has 0 saturated heterocycles. The number of nitro benzene ring substituents is 1. The van der Waals surface area contributed by atoms with Gasteiger partial charge in [-0.05, 0) is 18.2 Å². The van der Waals surface area contributed by atoms with E-state index < -0.39 is 28.1 Å². The average molecular weight is 301 g/mol. The summed E-state index contributed by atoms with van der Waals surface area (Å²) in [7, 11) is 0. The van der Waals surface area contributed by atoms with E-state index in [1.165, 1.54) is 0 Å². The van der Waals surface area contributed by atoms with E-state index >= 15 is 0 Å². The normalized spacial score (nSPS) is 10.4. The number of hydrogen-bond donors (Lipinski definition) is 2. The molecule has 0 saturated carbocycles. The lowest BCUT2D eigenvalue weighted by Crippen LogP contribution is -2.05. The van der Waals surface area contributed by atoms with Crippen LogP contribution in [-0.2, 0) is 6.18 Å². The quantitative estimate of drug-likeness (QED) is 0.621. The van der Waals surface area contributed by atoms with Crippen LogP contribution in [0.5, 0.6) is 11.5 Å². The third kappa shape index (κ3) is 5.01. The van der Waals surface area contributed by atoms with Crippen LogP contribution < -0.4 is 0 Å². The van der Waals surface area contributed by atoms with Crippen molar-refractivity contribution in [1.82, 2.24) is 0 Å². The van der Waals surface area contributed by atoms with Gasteiger partial charge in [-0.1, -0.05) is 18.2 Å². The minimum absolute atomic E-state index is 0.287. The van der Waals surface area contributed by atoms with Crippen molar-refractivity contribution in [2.75, 3.05) is 0 Å². The van der Waals surface area contributed by atoms with Gasteiger partial charge in [0, 0.05) is 12.1 Å². The van der Waals surface area contributed by atoms with Crippen molar-refractivity contribution in [3.05, 3.63) is 64.2 Å². The van der Waals surface area contributed by atoms with Crippen LogP contribution in [0.3, 0.4) is 0 Å². The summed E-state index contributed by atoms with van der Waals surface area (Å²) < 4.78 is 36.3. The molecule has 2 N–H and O–H groups in total. The maximum absolute atomic E-state index is 12.1. The first-order valence-corrected chi connectivity index (χ1v) is 5.50. The Morgan fingerprint density at radius 1 is 1.00 bits per heavy atom. The Balaban J connectivity index is 0.000000262. The molecule has 112 valence electrons. The van der Waals surface area contributed by atoms with Crippen molar-refractivity contribution in [1.29, 1.82) is 0 Å². The van der Waals surface area contributed by atoms with Gasteiger partial charge in [0.25, 0.3) is 5.69 Å². The molecule has 0 aliphatic heterocycles. The number of nitro groups is 1. The number of phenolic OH excluding ortho intramolecular Hbond substituents is 2. The van der Waals surface area contributed by atoms with Gasteiger partial charge in [-0.25, -0.2) is 0 Å². The summed E-state index contributed by atoms with van der Waals surface area (Å²) in [6, 6.07) is 10.4. The molecule has 0 aliphatic carbocycles. The molecule has 0 heterocycles. The zero-order chi connectivity index (χ0) is 16.0. The molecule has 0 atom stereocenters. The van der Waals surface area contributed by atoms with Crippen molar-refractivity contribution in [3.8, 4) is 11.5 Å². The van der Waals surface area contributed by atoms with E-state index in [1.54, 1.807) is 24.3 Å². The zero-order valence-corrected chi connectivity index (χ0v) is 10.4. The largest absolute Gasteiger partial charge is 0.508 e. The Bertz CT molecular complexity index is 615. The molecular weight excluding hydrogens is 291 g/mol. The van der Waals surface area contributed by atoms with Crippen LogP contribution in [0.25, 0.3) is 0 Å². The standard InChI is InChI=1S/C7H4F3NO3.C6H6O/c8-7(9,10)5-3-4(11(13)14)1-2-6(5)12;7-6-4-2-1-3-5-6/h1-3,12H;1-5,7H. The number of aromatic hydroxyl groups is 2. The summed E-state index contributed by atoms with van der Waals surface area (Å²) >= 11 is 0. The molecule has 8 heteroatoms. The minimum Gasteiger partial charge on any atom is -0.508 e. The highest BCUT2D eigenvalue weighted by Crippen LogP contribution is 2.37. The van der Waals surface area contributed by atoms with Gasteiger partial charge in [-0.2, -0.15) is 13.2 Å². The Labute approximate surface area is 117 Å². The Morgan fingerprint density at radius 3 is 1.95 bits per heavy atom. The monoisotopic (exact) mass is 301 g/mol. The van der Waals surface area contributed by atoms with E-state index in [0.29, 0.717) is 11.8 Å². The van der Waals surface area contributed by atoms with Crippen LogP contribution in [0.1, 0.15) is 5.56 Å². The van der Waals surface area contributed by atoms with Crippen LogP contribution in [0.2, 0.25) is 0 Å². The fourth-order valence-corrected chi connectivity index (χ4v) is 1.29. The van der Waals surface area contributed by atoms with Gasteiger partial charge in [0.2, 0.25) is 0 Å². The predicted molar refractivity (Wildman–Crippen MR) is 67.9 cm³/mol. The Hall–Kier alpha value is -2.77. The molecule has 0 radical (unpaired) electrons. The molecule has 2 aromatic carbocycles. The van der Waals surface area contributed by atoms with Gasteiger partial charge in [0.15, 0.2) is 0 Å². The topological polar surface area (TPSA) is 83.6 Å². The zero-order valence-electron chi connectivity index (χ0n) is 10.4. The van der Waals surface area contributed by atoms with Gasteiger partial charge >= 0.3 is 6.18 Å².